The fraction of sp³-hybridized carbons (Fsp3) is 0.227. The van der Waals surface area contributed by atoms with Gasteiger partial charge in [0.25, 0.3) is 0 Å². The van der Waals surface area contributed by atoms with Crippen molar-refractivity contribution in [3.05, 3.63) is 57.7 Å². The highest BCUT2D eigenvalue weighted by atomic mass is 127. The van der Waals surface area contributed by atoms with Gasteiger partial charge in [-0.05, 0) is 36.6 Å². The molecule has 0 saturated heterocycles. The number of rotatable bonds is 5. The number of phenols is 1. The van der Waals surface area contributed by atoms with Crippen LogP contribution in [0.5, 0.6) is 5.75 Å². The van der Waals surface area contributed by atoms with E-state index in [9.17, 15) is 9.50 Å². The van der Waals surface area contributed by atoms with Gasteiger partial charge in [-0.1, -0.05) is 36.0 Å². The molecule has 158 valence electrons. The summed E-state index contributed by atoms with van der Waals surface area (Å²) in [6, 6.07) is 11.8. The number of imidazole rings is 1. The van der Waals surface area contributed by atoms with E-state index in [1.54, 1.807) is 36.0 Å². The summed E-state index contributed by atoms with van der Waals surface area (Å²) >= 11 is 3.88. The number of thioether (sulfide) groups is 1. The molecule has 0 spiro atoms. The summed E-state index contributed by atoms with van der Waals surface area (Å²) in [6.45, 7) is 1.55. The van der Waals surface area contributed by atoms with E-state index in [4.69, 9.17) is 4.98 Å². The summed E-state index contributed by atoms with van der Waals surface area (Å²) in [7, 11) is 0. The van der Waals surface area contributed by atoms with Crippen molar-refractivity contribution in [2.45, 2.75) is 24.5 Å². The largest absolute Gasteiger partial charge is 0.507 e. The SMILES string of the molecule is Oc1ccc(CCNc2nc(I)nc3c2nc2n3CCCS2)cc1-c1ccccc1F. The normalized spacial score (nSPS) is 13.4. The van der Waals surface area contributed by atoms with Crippen LogP contribution in [0.15, 0.2) is 47.6 Å². The number of hydrogen-bond acceptors (Lipinski definition) is 6. The van der Waals surface area contributed by atoms with Crippen LogP contribution in [-0.2, 0) is 13.0 Å². The molecule has 3 heterocycles. The van der Waals surface area contributed by atoms with Crippen molar-refractivity contribution in [2.75, 3.05) is 17.6 Å². The number of benzene rings is 2. The Labute approximate surface area is 196 Å². The predicted molar refractivity (Wildman–Crippen MR) is 129 cm³/mol. The number of aromatic nitrogens is 4. The number of nitrogens with one attached hydrogen (secondary N) is 1. The number of nitrogens with zero attached hydrogens (tertiary/aromatic N) is 4. The van der Waals surface area contributed by atoms with Gasteiger partial charge in [0, 0.05) is 52.6 Å². The van der Waals surface area contributed by atoms with Crippen LogP contribution in [0, 0.1) is 9.65 Å². The molecule has 2 aromatic carbocycles. The average molecular weight is 547 g/mol. The summed E-state index contributed by atoms with van der Waals surface area (Å²) in [4.78, 5) is 13.9. The van der Waals surface area contributed by atoms with E-state index in [1.807, 2.05) is 12.1 Å². The molecule has 5 rings (SSSR count). The van der Waals surface area contributed by atoms with Crippen LogP contribution in [-0.4, -0.2) is 36.9 Å². The molecule has 2 aromatic heterocycles. The summed E-state index contributed by atoms with van der Waals surface area (Å²) in [5.41, 5.74) is 3.54. The molecule has 9 heteroatoms. The molecule has 0 aliphatic carbocycles. The minimum absolute atomic E-state index is 0.0648. The zero-order valence-electron chi connectivity index (χ0n) is 16.5. The second-order valence-electron chi connectivity index (χ2n) is 7.27. The minimum atomic E-state index is -0.354. The van der Waals surface area contributed by atoms with Crippen molar-refractivity contribution in [1.29, 1.82) is 0 Å². The molecule has 4 aromatic rings. The molecule has 0 bridgehead atoms. The second-order valence-corrected chi connectivity index (χ2v) is 9.30. The maximum Gasteiger partial charge on any atom is 0.194 e. The molecular weight excluding hydrogens is 528 g/mol. The summed E-state index contributed by atoms with van der Waals surface area (Å²) in [5, 5.41) is 14.6. The smallest absolute Gasteiger partial charge is 0.194 e. The van der Waals surface area contributed by atoms with Crippen molar-refractivity contribution in [1.82, 2.24) is 19.5 Å². The van der Waals surface area contributed by atoms with Crippen molar-refractivity contribution >= 4 is 51.3 Å². The molecule has 0 fully saturated rings. The van der Waals surface area contributed by atoms with E-state index >= 15 is 0 Å². The molecule has 0 unspecified atom stereocenters. The Morgan fingerprint density at radius 3 is 2.87 bits per heavy atom. The predicted octanol–water partition coefficient (Wildman–Crippen LogP) is 5.09. The molecule has 0 radical (unpaired) electrons. The first-order chi connectivity index (χ1) is 15.1. The topological polar surface area (TPSA) is 75.9 Å². The van der Waals surface area contributed by atoms with Gasteiger partial charge < -0.3 is 15.0 Å². The Morgan fingerprint density at radius 2 is 2.00 bits per heavy atom. The van der Waals surface area contributed by atoms with Gasteiger partial charge in [0.1, 0.15) is 11.6 Å². The number of halogens is 2. The van der Waals surface area contributed by atoms with Gasteiger partial charge in [0.05, 0.1) is 0 Å². The minimum Gasteiger partial charge on any atom is -0.507 e. The molecule has 2 N–H and O–H groups in total. The second kappa shape index (κ2) is 8.62. The van der Waals surface area contributed by atoms with E-state index in [2.05, 4.69) is 42.4 Å². The Balaban J connectivity index is 1.37. The zero-order valence-corrected chi connectivity index (χ0v) is 19.5. The lowest BCUT2D eigenvalue weighted by molar-refractivity contribution is 0.476. The van der Waals surface area contributed by atoms with Gasteiger partial charge in [-0.2, -0.15) is 0 Å². The van der Waals surface area contributed by atoms with Crippen LogP contribution in [0.25, 0.3) is 22.3 Å². The van der Waals surface area contributed by atoms with E-state index in [0.717, 1.165) is 46.4 Å². The molecule has 0 amide bonds. The first-order valence-electron chi connectivity index (χ1n) is 9.97. The van der Waals surface area contributed by atoms with Crippen molar-refractivity contribution in [2.24, 2.45) is 0 Å². The van der Waals surface area contributed by atoms with Crippen LogP contribution >= 0.6 is 34.4 Å². The van der Waals surface area contributed by atoms with Crippen LogP contribution < -0.4 is 5.32 Å². The highest BCUT2D eigenvalue weighted by molar-refractivity contribution is 14.1. The summed E-state index contributed by atoms with van der Waals surface area (Å²) < 4.78 is 17.0. The third kappa shape index (κ3) is 4.08. The quantitative estimate of drug-likeness (QED) is 0.268. The van der Waals surface area contributed by atoms with Crippen LogP contribution in [0.4, 0.5) is 10.2 Å². The third-order valence-corrected chi connectivity index (χ3v) is 6.77. The van der Waals surface area contributed by atoms with E-state index in [0.29, 0.717) is 27.9 Å². The lowest BCUT2D eigenvalue weighted by atomic mass is 10.00. The number of aromatic hydroxyl groups is 1. The van der Waals surface area contributed by atoms with Gasteiger partial charge in [-0.15, -0.1) is 0 Å². The van der Waals surface area contributed by atoms with Crippen LogP contribution in [0.2, 0.25) is 0 Å². The summed E-state index contributed by atoms with van der Waals surface area (Å²) in [5.74, 6) is 1.51. The van der Waals surface area contributed by atoms with Crippen LogP contribution in [0.3, 0.4) is 0 Å². The van der Waals surface area contributed by atoms with Crippen molar-refractivity contribution in [3.8, 4) is 16.9 Å². The lowest BCUT2D eigenvalue weighted by Crippen LogP contribution is -2.10. The molecular formula is C22H19FIN5OS. The van der Waals surface area contributed by atoms with E-state index in [1.165, 1.54) is 6.07 Å². The van der Waals surface area contributed by atoms with Gasteiger partial charge >= 0.3 is 0 Å². The third-order valence-electron chi connectivity index (χ3n) is 5.22. The number of phenolic OH excluding ortho intramolecular Hbond substituents is 1. The Kier molecular flexibility index (Phi) is 5.70. The zero-order chi connectivity index (χ0) is 21.4. The molecule has 1 aliphatic rings. The molecule has 0 saturated carbocycles. The van der Waals surface area contributed by atoms with Crippen molar-refractivity contribution in [3.63, 3.8) is 0 Å². The molecule has 31 heavy (non-hydrogen) atoms. The van der Waals surface area contributed by atoms with Gasteiger partial charge in [0.15, 0.2) is 26.0 Å². The number of aryl methyl sites for hydroxylation is 1. The maximum absolute atomic E-state index is 14.2. The number of fused-ring (bicyclic) bond motifs is 3. The van der Waals surface area contributed by atoms with Gasteiger partial charge in [0.2, 0.25) is 0 Å². The maximum atomic E-state index is 14.2. The van der Waals surface area contributed by atoms with Crippen LogP contribution in [0.1, 0.15) is 12.0 Å². The first kappa shape index (κ1) is 20.5. The average Bonchev–Trinajstić information content (AvgIpc) is 3.14. The van der Waals surface area contributed by atoms with Crippen molar-refractivity contribution < 1.29 is 9.50 Å². The highest BCUT2D eigenvalue weighted by Gasteiger charge is 2.20. The number of hydrogen-bond donors (Lipinski definition) is 2. The lowest BCUT2D eigenvalue weighted by Gasteiger charge is -2.12. The Hall–Kier alpha value is -2.40. The van der Waals surface area contributed by atoms with Gasteiger partial charge in [-0.3, -0.25) is 0 Å². The standard InChI is InChI=1S/C22H19FIN5OS/c23-16-5-2-1-4-14(16)15-12-13(6-7-17(15)30)8-9-25-19-18-20(28-21(24)27-19)29-10-3-11-31-22(29)26-18/h1-2,4-7,12,30H,3,8-11H2,(H,25,27,28). The highest BCUT2D eigenvalue weighted by Crippen LogP contribution is 2.33. The van der Waals surface area contributed by atoms with Gasteiger partial charge in [-0.25, -0.2) is 19.3 Å². The van der Waals surface area contributed by atoms with E-state index in [-0.39, 0.29) is 11.6 Å². The monoisotopic (exact) mass is 547 g/mol. The molecule has 0 atom stereocenters. The first-order valence-corrected chi connectivity index (χ1v) is 12.0. The number of anilines is 1. The molecule has 1 aliphatic heterocycles. The van der Waals surface area contributed by atoms with E-state index < -0.39 is 0 Å². The fourth-order valence-corrected chi connectivity index (χ4v) is 5.15. The molecule has 6 nitrogen and oxygen atoms in total. The summed E-state index contributed by atoms with van der Waals surface area (Å²) in [6.07, 6.45) is 1.80. The fourth-order valence-electron chi connectivity index (χ4n) is 3.73. The Bertz CT molecular complexity index is 1280. The Morgan fingerprint density at radius 1 is 1.13 bits per heavy atom.